The van der Waals surface area contributed by atoms with Gasteiger partial charge in [-0.05, 0) is 47.4 Å². The lowest BCUT2D eigenvalue weighted by atomic mass is 10.3. The van der Waals surface area contributed by atoms with Crippen LogP contribution >= 0.6 is 15.9 Å². The van der Waals surface area contributed by atoms with Gasteiger partial charge < -0.3 is 15.5 Å². The lowest BCUT2D eigenvalue weighted by Gasteiger charge is -2.27. The lowest BCUT2D eigenvalue weighted by Crippen LogP contribution is -2.44. The first kappa shape index (κ1) is 13.8. The zero-order valence-electron chi connectivity index (χ0n) is 10.9. The van der Waals surface area contributed by atoms with E-state index in [4.69, 9.17) is 0 Å². The summed E-state index contributed by atoms with van der Waals surface area (Å²) in [7, 11) is 0. The lowest BCUT2D eigenvalue weighted by molar-refractivity contribution is 0.240. The van der Waals surface area contributed by atoms with Gasteiger partial charge in [-0.3, -0.25) is 0 Å². The molecule has 5 heteroatoms. The first-order valence-electron chi connectivity index (χ1n) is 6.55. The predicted octanol–water partition coefficient (Wildman–Crippen LogP) is 1.86. The summed E-state index contributed by atoms with van der Waals surface area (Å²) in [6.07, 6.45) is 3.00. The summed E-state index contributed by atoms with van der Waals surface area (Å²) in [5.41, 5.74) is 1.22. The zero-order valence-corrected chi connectivity index (χ0v) is 12.5. The average molecular weight is 313 g/mol. The largest absolute Gasteiger partial charge is 0.369 e. The topological polar surface area (TPSA) is 40.2 Å². The smallest absolute Gasteiger partial charge is 0.140 e. The van der Waals surface area contributed by atoms with Gasteiger partial charge in [0.2, 0.25) is 0 Å². The second kappa shape index (κ2) is 7.07. The maximum Gasteiger partial charge on any atom is 0.140 e. The molecule has 1 aromatic heterocycles. The first-order chi connectivity index (χ1) is 8.77. The van der Waals surface area contributed by atoms with Crippen LogP contribution in [0.15, 0.2) is 16.7 Å². The summed E-state index contributed by atoms with van der Waals surface area (Å²) in [5, 5.41) is 6.76. The molecule has 0 atom stereocenters. The highest BCUT2D eigenvalue weighted by Crippen LogP contribution is 2.22. The number of aromatic nitrogens is 1. The fourth-order valence-corrected chi connectivity index (χ4v) is 2.48. The fraction of sp³-hybridized carbons (Fsp3) is 0.615. The number of nitrogens with zero attached hydrogens (tertiary/aromatic N) is 2. The fourth-order valence-electron chi connectivity index (χ4n) is 2.11. The Kier molecular flexibility index (Phi) is 5.41. The minimum Gasteiger partial charge on any atom is -0.369 e. The van der Waals surface area contributed by atoms with Gasteiger partial charge in [0.25, 0.3) is 0 Å². The van der Waals surface area contributed by atoms with Gasteiger partial charge in [-0.25, -0.2) is 4.98 Å². The molecule has 1 aliphatic heterocycles. The molecular formula is C13H21BrN4. The minimum atomic E-state index is 0.954. The molecule has 0 aromatic carbocycles. The Balaban J connectivity index is 1.70. The molecule has 1 aliphatic rings. The Morgan fingerprint density at radius 1 is 1.44 bits per heavy atom. The van der Waals surface area contributed by atoms with Gasteiger partial charge in [0.1, 0.15) is 5.82 Å². The number of aryl methyl sites for hydroxylation is 1. The number of anilines is 1. The molecule has 0 spiro atoms. The Morgan fingerprint density at radius 3 is 3.00 bits per heavy atom. The number of rotatable bonds is 5. The number of nitrogens with one attached hydrogen (secondary N) is 2. The molecule has 2 heterocycles. The van der Waals surface area contributed by atoms with Crippen LogP contribution in [0.4, 0.5) is 5.82 Å². The molecule has 4 nitrogen and oxygen atoms in total. The van der Waals surface area contributed by atoms with Gasteiger partial charge in [0.05, 0.1) is 4.47 Å². The van der Waals surface area contributed by atoms with E-state index < -0.39 is 0 Å². The molecule has 0 aliphatic carbocycles. The molecule has 18 heavy (non-hydrogen) atoms. The predicted molar refractivity (Wildman–Crippen MR) is 79.1 cm³/mol. The van der Waals surface area contributed by atoms with E-state index in [9.17, 15) is 0 Å². The summed E-state index contributed by atoms with van der Waals surface area (Å²) in [6.45, 7) is 8.81. The van der Waals surface area contributed by atoms with Gasteiger partial charge in [0.15, 0.2) is 0 Å². The van der Waals surface area contributed by atoms with Crippen molar-refractivity contribution in [1.29, 1.82) is 0 Å². The van der Waals surface area contributed by atoms with Crippen molar-refractivity contribution in [3.8, 4) is 0 Å². The molecule has 1 saturated heterocycles. The highest BCUT2D eigenvalue weighted by atomic mass is 79.9. The van der Waals surface area contributed by atoms with Gasteiger partial charge >= 0.3 is 0 Å². The van der Waals surface area contributed by atoms with E-state index in [2.05, 4.69) is 43.4 Å². The molecule has 0 bridgehead atoms. The monoisotopic (exact) mass is 312 g/mol. The van der Waals surface area contributed by atoms with Gasteiger partial charge in [-0.1, -0.05) is 0 Å². The van der Waals surface area contributed by atoms with Crippen LogP contribution in [0.2, 0.25) is 0 Å². The van der Waals surface area contributed by atoms with Gasteiger partial charge in [-0.2, -0.15) is 0 Å². The highest BCUT2D eigenvalue weighted by Gasteiger charge is 2.08. The molecule has 2 rings (SSSR count). The van der Waals surface area contributed by atoms with Crippen LogP contribution in [0, 0.1) is 6.92 Å². The zero-order chi connectivity index (χ0) is 12.8. The van der Waals surface area contributed by atoms with Crippen LogP contribution in [0.25, 0.3) is 0 Å². The molecule has 0 radical (unpaired) electrons. The quantitative estimate of drug-likeness (QED) is 0.814. The van der Waals surface area contributed by atoms with Crippen LogP contribution in [-0.2, 0) is 0 Å². The number of hydrogen-bond donors (Lipinski definition) is 2. The van der Waals surface area contributed by atoms with Gasteiger partial charge in [-0.15, -0.1) is 0 Å². The second-order valence-electron chi connectivity index (χ2n) is 4.66. The van der Waals surface area contributed by atoms with Crippen LogP contribution in [-0.4, -0.2) is 49.2 Å². The molecule has 1 aromatic rings. The van der Waals surface area contributed by atoms with Crippen molar-refractivity contribution in [2.45, 2.75) is 13.3 Å². The van der Waals surface area contributed by atoms with E-state index in [0.717, 1.165) is 42.9 Å². The van der Waals surface area contributed by atoms with Crippen molar-refractivity contribution < 1.29 is 0 Å². The molecule has 0 saturated carbocycles. The maximum absolute atomic E-state index is 4.34. The standard InChI is InChI=1S/C13H21BrN4/c1-11-3-5-17-13(12(11)14)16-4-2-8-18-9-6-15-7-10-18/h3,5,15H,2,4,6-10H2,1H3,(H,16,17). The molecular weight excluding hydrogens is 292 g/mol. The van der Waals surface area contributed by atoms with Crippen molar-refractivity contribution in [2.24, 2.45) is 0 Å². The first-order valence-corrected chi connectivity index (χ1v) is 7.35. The van der Waals surface area contributed by atoms with Crippen molar-refractivity contribution in [1.82, 2.24) is 15.2 Å². The van der Waals surface area contributed by atoms with E-state index >= 15 is 0 Å². The maximum atomic E-state index is 4.34. The van der Waals surface area contributed by atoms with Crippen molar-refractivity contribution >= 4 is 21.7 Å². The third-order valence-electron chi connectivity index (χ3n) is 3.24. The highest BCUT2D eigenvalue weighted by molar-refractivity contribution is 9.10. The van der Waals surface area contributed by atoms with Crippen LogP contribution < -0.4 is 10.6 Å². The van der Waals surface area contributed by atoms with Crippen molar-refractivity contribution in [3.05, 3.63) is 22.3 Å². The molecule has 0 unspecified atom stereocenters. The van der Waals surface area contributed by atoms with Crippen LogP contribution in [0.5, 0.6) is 0 Å². The molecule has 1 fully saturated rings. The Morgan fingerprint density at radius 2 is 2.22 bits per heavy atom. The van der Waals surface area contributed by atoms with E-state index in [-0.39, 0.29) is 0 Å². The average Bonchev–Trinajstić information content (AvgIpc) is 2.40. The molecule has 100 valence electrons. The Labute approximate surface area is 117 Å². The third kappa shape index (κ3) is 3.93. The number of piperazine rings is 1. The van der Waals surface area contributed by atoms with Crippen molar-refractivity contribution in [3.63, 3.8) is 0 Å². The van der Waals surface area contributed by atoms with Crippen LogP contribution in [0.1, 0.15) is 12.0 Å². The SMILES string of the molecule is Cc1ccnc(NCCCN2CCNCC2)c1Br. The van der Waals surface area contributed by atoms with E-state index in [1.54, 1.807) is 0 Å². The van der Waals surface area contributed by atoms with Crippen molar-refractivity contribution in [2.75, 3.05) is 44.6 Å². The summed E-state index contributed by atoms with van der Waals surface area (Å²) in [4.78, 5) is 6.85. The van der Waals surface area contributed by atoms with E-state index in [0.29, 0.717) is 0 Å². The summed E-state index contributed by atoms with van der Waals surface area (Å²) < 4.78 is 1.08. The third-order valence-corrected chi connectivity index (χ3v) is 4.24. The Bertz CT molecular complexity index is 377. The van der Waals surface area contributed by atoms with Crippen LogP contribution in [0.3, 0.4) is 0 Å². The number of hydrogen-bond acceptors (Lipinski definition) is 4. The summed E-state index contributed by atoms with van der Waals surface area (Å²) in [5.74, 6) is 0.954. The second-order valence-corrected chi connectivity index (χ2v) is 5.46. The minimum absolute atomic E-state index is 0.954. The normalized spacial score (nSPS) is 16.8. The number of halogens is 1. The molecule has 2 N–H and O–H groups in total. The Hall–Kier alpha value is -0.650. The molecule has 0 amide bonds. The van der Waals surface area contributed by atoms with Gasteiger partial charge in [0, 0.05) is 38.9 Å². The van der Waals surface area contributed by atoms with E-state index in [1.165, 1.54) is 18.7 Å². The summed E-state index contributed by atoms with van der Waals surface area (Å²) >= 11 is 3.57. The summed E-state index contributed by atoms with van der Waals surface area (Å²) in [6, 6.07) is 2.01. The number of pyridine rings is 1. The van der Waals surface area contributed by atoms with E-state index in [1.807, 2.05) is 12.3 Å².